The average Bonchev–Trinajstić information content (AvgIpc) is 2.16. The summed E-state index contributed by atoms with van der Waals surface area (Å²) in [5, 5.41) is 8.43. The van der Waals surface area contributed by atoms with E-state index in [4.69, 9.17) is 9.84 Å². The summed E-state index contributed by atoms with van der Waals surface area (Å²) in [6, 6.07) is 5.36. The van der Waals surface area contributed by atoms with Crippen molar-refractivity contribution in [2.24, 2.45) is 0 Å². The Hall–Kier alpha value is -1.29. The van der Waals surface area contributed by atoms with Gasteiger partial charge >= 0.3 is 5.97 Å². The van der Waals surface area contributed by atoms with Crippen molar-refractivity contribution in [3.8, 4) is 5.75 Å². The van der Waals surface area contributed by atoms with Crippen LogP contribution in [-0.2, 0) is 4.79 Å². The minimum Gasteiger partial charge on any atom is -0.496 e. The minimum absolute atomic E-state index is 0.678. The van der Waals surface area contributed by atoms with Gasteiger partial charge < -0.3 is 9.84 Å². The van der Waals surface area contributed by atoms with Crippen LogP contribution in [0.15, 0.2) is 28.7 Å². The van der Waals surface area contributed by atoms with Gasteiger partial charge in [0.25, 0.3) is 0 Å². The van der Waals surface area contributed by atoms with Gasteiger partial charge in [0.15, 0.2) is 0 Å². The van der Waals surface area contributed by atoms with Crippen LogP contribution in [0.25, 0.3) is 6.08 Å². The number of carbonyl (C=O) groups is 1. The lowest BCUT2D eigenvalue weighted by atomic mass is 10.2. The SMILES string of the molecule is COc1cc(C=CC(=O)O)ccc1Br. The molecule has 0 aliphatic rings. The third-order valence-corrected chi connectivity index (χ3v) is 2.25. The van der Waals surface area contributed by atoms with Crippen molar-refractivity contribution >= 4 is 28.0 Å². The third-order valence-electron chi connectivity index (χ3n) is 1.59. The van der Waals surface area contributed by atoms with Crippen LogP contribution in [0.3, 0.4) is 0 Å². The fourth-order valence-corrected chi connectivity index (χ4v) is 1.36. The lowest BCUT2D eigenvalue weighted by Gasteiger charge is -2.03. The predicted molar refractivity (Wildman–Crippen MR) is 57.4 cm³/mol. The molecule has 1 N–H and O–H groups in total. The summed E-state index contributed by atoms with van der Waals surface area (Å²) in [5.74, 6) is -0.288. The van der Waals surface area contributed by atoms with Gasteiger partial charge in [-0.1, -0.05) is 6.07 Å². The molecule has 14 heavy (non-hydrogen) atoms. The number of carboxylic acid groups (broad SMARTS) is 1. The number of methoxy groups -OCH3 is 1. The van der Waals surface area contributed by atoms with Gasteiger partial charge in [-0.05, 0) is 39.7 Å². The highest BCUT2D eigenvalue weighted by molar-refractivity contribution is 9.10. The number of hydrogen-bond donors (Lipinski definition) is 1. The molecule has 0 bridgehead atoms. The Morgan fingerprint density at radius 2 is 2.29 bits per heavy atom. The molecule has 0 amide bonds. The summed E-state index contributed by atoms with van der Waals surface area (Å²) in [6.07, 6.45) is 2.60. The van der Waals surface area contributed by atoms with E-state index in [2.05, 4.69) is 15.9 Å². The van der Waals surface area contributed by atoms with E-state index in [1.54, 1.807) is 25.3 Å². The molecule has 0 unspecified atom stereocenters. The van der Waals surface area contributed by atoms with Crippen molar-refractivity contribution in [3.63, 3.8) is 0 Å². The number of carboxylic acids is 1. The normalized spacial score (nSPS) is 10.4. The molecular weight excluding hydrogens is 248 g/mol. The van der Waals surface area contributed by atoms with E-state index in [9.17, 15) is 4.79 Å². The molecule has 0 aliphatic carbocycles. The maximum atomic E-state index is 10.3. The summed E-state index contributed by atoms with van der Waals surface area (Å²) >= 11 is 3.31. The Bertz CT molecular complexity index is 372. The zero-order chi connectivity index (χ0) is 10.6. The topological polar surface area (TPSA) is 46.5 Å². The van der Waals surface area contributed by atoms with E-state index in [0.29, 0.717) is 5.75 Å². The summed E-state index contributed by atoms with van der Waals surface area (Å²) in [7, 11) is 1.56. The molecule has 0 spiro atoms. The Morgan fingerprint density at radius 1 is 1.57 bits per heavy atom. The molecule has 3 nitrogen and oxygen atoms in total. The van der Waals surface area contributed by atoms with Crippen molar-refractivity contribution in [2.75, 3.05) is 7.11 Å². The maximum Gasteiger partial charge on any atom is 0.328 e. The summed E-state index contributed by atoms with van der Waals surface area (Å²) in [6.45, 7) is 0. The molecule has 1 aromatic rings. The maximum absolute atomic E-state index is 10.3. The van der Waals surface area contributed by atoms with Gasteiger partial charge in [-0.25, -0.2) is 4.79 Å². The largest absolute Gasteiger partial charge is 0.496 e. The molecule has 0 saturated heterocycles. The first-order valence-corrected chi connectivity index (χ1v) is 4.67. The van der Waals surface area contributed by atoms with Gasteiger partial charge in [-0.2, -0.15) is 0 Å². The fourth-order valence-electron chi connectivity index (χ4n) is 0.948. The molecule has 4 heteroatoms. The van der Waals surface area contributed by atoms with Gasteiger partial charge in [-0.15, -0.1) is 0 Å². The van der Waals surface area contributed by atoms with Crippen molar-refractivity contribution in [1.29, 1.82) is 0 Å². The molecule has 1 rings (SSSR count). The number of halogens is 1. The fraction of sp³-hybridized carbons (Fsp3) is 0.100. The van der Waals surface area contributed by atoms with Crippen LogP contribution < -0.4 is 4.74 Å². The van der Waals surface area contributed by atoms with E-state index >= 15 is 0 Å². The molecule has 74 valence electrons. The zero-order valence-corrected chi connectivity index (χ0v) is 9.11. The van der Waals surface area contributed by atoms with Gasteiger partial charge in [0, 0.05) is 6.08 Å². The van der Waals surface area contributed by atoms with Crippen LogP contribution in [-0.4, -0.2) is 18.2 Å². The van der Waals surface area contributed by atoms with E-state index in [0.717, 1.165) is 16.1 Å². The van der Waals surface area contributed by atoms with Gasteiger partial charge in [0.2, 0.25) is 0 Å². The smallest absolute Gasteiger partial charge is 0.328 e. The number of rotatable bonds is 3. The summed E-state index contributed by atoms with van der Waals surface area (Å²) < 4.78 is 5.90. The second kappa shape index (κ2) is 4.81. The highest BCUT2D eigenvalue weighted by Crippen LogP contribution is 2.25. The third kappa shape index (κ3) is 2.88. The van der Waals surface area contributed by atoms with E-state index in [-0.39, 0.29) is 0 Å². The van der Waals surface area contributed by atoms with Crippen LogP contribution >= 0.6 is 15.9 Å². The Morgan fingerprint density at radius 3 is 2.86 bits per heavy atom. The predicted octanol–water partition coefficient (Wildman–Crippen LogP) is 2.56. The van der Waals surface area contributed by atoms with Crippen molar-refractivity contribution < 1.29 is 14.6 Å². The van der Waals surface area contributed by atoms with E-state index < -0.39 is 5.97 Å². The van der Waals surface area contributed by atoms with Gasteiger partial charge in [0.05, 0.1) is 11.6 Å². The molecule has 1 aromatic carbocycles. The minimum atomic E-state index is -0.966. The average molecular weight is 257 g/mol. The number of aliphatic carboxylic acids is 1. The van der Waals surface area contributed by atoms with Crippen LogP contribution in [0.2, 0.25) is 0 Å². The second-order valence-electron chi connectivity index (χ2n) is 2.57. The molecule has 0 radical (unpaired) electrons. The molecule has 0 saturated carbocycles. The highest BCUT2D eigenvalue weighted by atomic mass is 79.9. The Kier molecular flexibility index (Phi) is 3.71. The van der Waals surface area contributed by atoms with Crippen LogP contribution in [0, 0.1) is 0 Å². The first-order chi connectivity index (χ1) is 6.63. The van der Waals surface area contributed by atoms with E-state index in [1.165, 1.54) is 6.08 Å². The molecule has 0 fully saturated rings. The van der Waals surface area contributed by atoms with Crippen molar-refractivity contribution in [1.82, 2.24) is 0 Å². The Balaban J connectivity index is 2.95. The van der Waals surface area contributed by atoms with Crippen LogP contribution in [0.4, 0.5) is 0 Å². The Labute approximate surface area is 90.1 Å². The summed E-state index contributed by atoms with van der Waals surface area (Å²) in [5.41, 5.74) is 0.785. The highest BCUT2D eigenvalue weighted by Gasteiger charge is 1.99. The molecule has 0 aromatic heterocycles. The van der Waals surface area contributed by atoms with Crippen LogP contribution in [0.1, 0.15) is 5.56 Å². The van der Waals surface area contributed by atoms with E-state index in [1.807, 2.05) is 0 Å². The van der Waals surface area contributed by atoms with Crippen molar-refractivity contribution in [3.05, 3.63) is 34.3 Å². The second-order valence-corrected chi connectivity index (χ2v) is 3.42. The zero-order valence-electron chi connectivity index (χ0n) is 7.53. The first kappa shape index (κ1) is 10.8. The van der Waals surface area contributed by atoms with Crippen LogP contribution in [0.5, 0.6) is 5.75 Å². The van der Waals surface area contributed by atoms with Crippen molar-refractivity contribution in [2.45, 2.75) is 0 Å². The quantitative estimate of drug-likeness (QED) is 0.846. The lowest BCUT2D eigenvalue weighted by Crippen LogP contribution is -1.87. The summed E-state index contributed by atoms with van der Waals surface area (Å²) in [4.78, 5) is 10.3. The molecule has 0 heterocycles. The number of benzene rings is 1. The first-order valence-electron chi connectivity index (χ1n) is 3.88. The monoisotopic (exact) mass is 256 g/mol. The molecule has 0 atom stereocenters. The lowest BCUT2D eigenvalue weighted by molar-refractivity contribution is -0.131. The molecule has 0 aliphatic heterocycles. The van der Waals surface area contributed by atoms with Gasteiger partial charge in [-0.3, -0.25) is 0 Å². The molecular formula is C10H9BrO3. The standard InChI is InChI=1S/C10H9BrO3/c1-14-9-6-7(2-4-8(9)11)3-5-10(12)13/h2-6H,1H3,(H,12,13). The number of hydrogen-bond acceptors (Lipinski definition) is 2. The number of ether oxygens (including phenoxy) is 1. The van der Waals surface area contributed by atoms with Gasteiger partial charge in [0.1, 0.15) is 5.75 Å².